The molecule has 0 aliphatic rings. The highest BCUT2D eigenvalue weighted by Crippen LogP contribution is 2.17. The van der Waals surface area contributed by atoms with Crippen LogP contribution >= 0.6 is 0 Å². The molecule has 57 heavy (non-hydrogen) atoms. The molecule has 0 aliphatic carbocycles. The van der Waals surface area contributed by atoms with Crippen molar-refractivity contribution < 1.29 is 28.6 Å². The third-order valence-corrected chi connectivity index (χ3v) is 11.5. The van der Waals surface area contributed by atoms with Crippen LogP contribution < -0.4 is 0 Å². The number of carbonyl (C=O) groups excluding carboxylic acids is 3. The largest absolute Gasteiger partial charge is 0.462 e. The summed E-state index contributed by atoms with van der Waals surface area (Å²) < 4.78 is 16.7. The van der Waals surface area contributed by atoms with Crippen LogP contribution in [0.25, 0.3) is 0 Å². The Bertz CT molecular complexity index is 857. The van der Waals surface area contributed by atoms with Crippen LogP contribution in [0.1, 0.15) is 285 Å². The summed E-state index contributed by atoms with van der Waals surface area (Å²) in [7, 11) is 0. The molecule has 0 radical (unpaired) electrons. The van der Waals surface area contributed by atoms with E-state index in [1.165, 1.54) is 173 Å². The van der Waals surface area contributed by atoms with Crippen LogP contribution in [0.15, 0.2) is 0 Å². The Morgan fingerprint density at radius 2 is 0.579 bits per heavy atom. The molecule has 0 saturated carbocycles. The summed E-state index contributed by atoms with van der Waals surface area (Å²) in [6.07, 6.45) is 46.9. The first-order valence-electron chi connectivity index (χ1n) is 25.4. The predicted octanol–water partition coefficient (Wildman–Crippen LogP) is 16.3. The third-order valence-electron chi connectivity index (χ3n) is 11.5. The molecule has 6 heteroatoms. The monoisotopic (exact) mass is 807 g/mol. The third kappa shape index (κ3) is 45.3. The van der Waals surface area contributed by atoms with Crippen molar-refractivity contribution in [1.82, 2.24) is 0 Å². The van der Waals surface area contributed by atoms with E-state index in [4.69, 9.17) is 14.2 Å². The molecule has 0 unspecified atom stereocenters. The van der Waals surface area contributed by atoms with Crippen molar-refractivity contribution in [2.75, 3.05) is 13.2 Å². The van der Waals surface area contributed by atoms with Crippen LogP contribution in [-0.2, 0) is 28.6 Å². The van der Waals surface area contributed by atoms with E-state index < -0.39 is 6.10 Å². The second-order valence-corrected chi connectivity index (χ2v) is 17.9. The summed E-state index contributed by atoms with van der Waals surface area (Å²) in [5.74, 6) is -0.0109. The van der Waals surface area contributed by atoms with E-state index >= 15 is 0 Å². The van der Waals surface area contributed by atoms with Crippen LogP contribution in [0.2, 0.25) is 0 Å². The SMILES string of the molecule is CCCCCCCCCCCCCCCCCCC(=O)O[C@@H](COC(=O)CCCCCCC)COC(=O)CCCCCCCCCCCCCCCCCC(C)C. The van der Waals surface area contributed by atoms with Gasteiger partial charge in [-0.25, -0.2) is 0 Å². The lowest BCUT2D eigenvalue weighted by atomic mass is 10.0. The quantitative estimate of drug-likeness (QED) is 0.0346. The van der Waals surface area contributed by atoms with Gasteiger partial charge in [-0.2, -0.15) is 0 Å². The zero-order valence-electron chi connectivity index (χ0n) is 38.8. The molecule has 338 valence electrons. The van der Waals surface area contributed by atoms with Gasteiger partial charge in [0, 0.05) is 19.3 Å². The van der Waals surface area contributed by atoms with E-state index in [-0.39, 0.29) is 31.1 Å². The van der Waals surface area contributed by atoms with Crippen molar-refractivity contribution in [2.24, 2.45) is 5.92 Å². The molecule has 0 fully saturated rings. The van der Waals surface area contributed by atoms with Crippen LogP contribution in [-0.4, -0.2) is 37.2 Å². The zero-order chi connectivity index (χ0) is 41.7. The number of unbranched alkanes of at least 4 members (excludes halogenated alkanes) is 33. The van der Waals surface area contributed by atoms with Crippen molar-refractivity contribution >= 4 is 17.9 Å². The van der Waals surface area contributed by atoms with Crippen LogP contribution in [0.4, 0.5) is 0 Å². The van der Waals surface area contributed by atoms with E-state index in [2.05, 4.69) is 27.7 Å². The lowest BCUT2D eigenvalue weighted by Crippen LogP contribution is -2.30. The maximum Gasteiger partial charge on any atom is 0.306 e. The van der Waals surface area contributed by atoms with E-state index in [1.807, 2.05) is 0 Å². The number of esters is 3. The summed E-state index contributed by atoms with van der Waals surface area (Å²) in [5.41, 5.74) is 0. The van der Waals surface area contributed by atoms with Gasteiger partial charge in [-0.05, 0) is 25.2 Å². The van der Waals surface area contributed by atoms with Gasteiger partial charge in [0.15, 0.2) is 6.10 Å². The van der Waals surface area contributed by atoms with Crippen molar-refractivity contribution in [3.8, 4) is 0 Å². The lowest BCUT2D eigenvalue weighted by Gasteiger charge is -2.18. The minimum absolute atomic E-state index is 0.0639. The summed E-state index contributed by atoms with van der Waals surface area (Å²) in [5, 5.41) is 0. The first-order chi connectivity index (χ1) is 27.9. The van der Waals surface area contributed by atoms with Crippen LogP contribution in [0.5, 0.6) is 0 Å². The van der Waals surface area contributed by atoms with Gasteiger partial charge in [0.25, 0.3) is 0 Å². The van der Waals surface area contributed by atoms with Gasteiger partial charge in [-0.15, -0.1) is 0 Å². The van der Waals surface area contributed by atoms with Crippen LogP contribution in [0, 0.1) is 5.92 Å². The highest BCUT2D eigenvalue weighted by atomic mass is 16.6. The molecule has 0 aromatic carbocycles. The molecule has 0 heterocycles. The van der Waals surface area contributed by atoms with E-state index in [0.29, 0.717) is 19.3 Å². The molecule has 0 N–H and O–H groups in total. The standard InChI is InChI=1S/C51H98O6/c1-5-7-9-11-12-13-14-15-16-19-23-26-29-32-36-40-44-51(54)57-48(45-55-49(52)42-38-33-10-8-6-2)46-56-50(53)43-39-35-31-28-25-22-20-17-18-21-24-27-30-34-37-41-47(3)4/h47-48H,5-46H2,1-4H3/t48-/m0/s1. The molecule has 0 amide bonds. The lowest BCUT2D eigenvalue weighted by molar-refractivity contribution is -0.167. The van der Waals surface area contributed by atoms with Gasteiger partial charge in [-0.1, -0.05) is 246 Å². The first-order valence-corrected chi connectivity index (χ1v) is 25.4. The molecule has 0 aromatic heterocycles. The normalized spacial score (nSPS) is 11.9. The minimum Gasteiger partial charge on any atom is -0.462 e. The fourth-order valence-electron chi connectivity index (χ4n) is 7.69. The molecule has 0 saturated heterocycles. The predicted molar refractivity (Wildman–Crippen MR) is 243 cm³/mol. The summed E-state index contributed by atoms with van der Waals surface area (Å²) in [6.45, 7) is 8.96. The van der Waals surface area contributed by atoms with Gasteiger partial charge in [0.1, 0.15) is 13.2 Å². The molecule has 0 aromatic rings. The van der Waals surface area contributed by atoms with Crippen molar-refractivity contribution in [2.45, 2.75) is 291 Å². The van der Waals surface area contributed by atoms with Crippen LogP contribution in [0.3, 0.4) is 0 Å². The zero-order valence-corrected chi connectivity index (χ0v) is 38.8. The number of hydrogen-bond donors (Lipinski definition) is 0. The van der Waals surface area contributed by atoms with Gasteiger partial charge in [0.05, 0.1) is 0 Å². The van der Waals surface area contributed by atoms with E-state index in [0.717, 1.165) is 70.1 Å². The fourth-order valence-corrected chi connectivity index (χ4v) is 7.69. The van der Waals surface area contributed by atoms with Gasteiger partial charge in [-0.3, -0.25) is 14.4 Å². The Morgan fingerprint density at radius 3 is 0.860 bits per heavy atom. The number of carbonyl (C=O) groups is 3. The highest BCUT2D eigenvalue weighted by molar-refractivity contribution is 5.71. The first kappa shape index (κ1) is 55.4. The molecule has 0 rings (SSSR count). The smallest absolute Gasteiger partial charge is 0.306 e. The average molecular weight is 807 g/mol. The van der Waals surface area contributed by atoms with E-state index in [1.54, 1.807) is 0 Å². The maximum absolute atomic E-state index is 12.7. The van der Waals surface area contributed by atoms with Crippen molar-refractivity contribution in [3.05, 3.63) is 0 Å². The molecule has 0 spiro atoms. The summed E-state index contributed by atoms with van der Waals surface area (Å²) in [4.78, 5) is 37.6. The van der Waals surface area contributed by atoms with Crippen molar-refractivity contribution in [1.29, 1.82) is 0 Å². The number of ether oxygens (including phenoxy) is 3. The molecule has 1 atom stereocenters. The molecular weight excluding hydrogens is 709 g/mol. The Kier molecular flexibility index (Phi) is 44.2. The second kappa shape index (κ2) is 45.5. The van der Waals surface area contributed by atoms with Gasteiger partial charge < -0.3 is 14.2 Å². The number of hydrogen-bond acceptors (Lipinski definition) is 6. The van der Waals surface area contributed by atoms with Gasteiger partial charge in [0.2, 0.25) is 0 Å². The highest BCUT2D eigenvalue weighted by Gasteiger charge is 2.19. The second-order valence-electron chi connectivity index (χ2n) is 17.9. The maximum atomic E-state index is 12.7. The topological polar surface area (TPSA) is 78.9 Å². The molecule has 0 aliphatic heterocycles. The Hall–Kier alpha value is -1.59. The molecular formula is C51H98O6. The van der Waals surface area contributed by atoms with Crippen molar-refractivity contribution in [3.63, 3.8) is 0 Å². The Labute approximate surface area is 355 Å². The summed E-state index contributed by atoms with van der Waals surface area (Å²) in [6, 6.07) is 0. The van der Waals surface area contributed by atoms with Gasteiger partial charge >= 0.3 is 17.9 Å². The summed E-state index contributed by atoms with van der Waals surface area (Å²) >= 11 is 0. The average Bonchev–Trinajstić information content (AvgIpc) is 3.19. The minimum atomic E-state index is -0.758. The Balaban J connectivity index is 4.10. The fraction of sp³-hybridized carbons (Fsp3) is 0.941. The molecule has 0 bridgehead atoms. The Morgan fingerprint density at radius 1 is 0.333 bits per heavy atom. The van der Waals surface area contributed by atoms with E-state index in [9.17, 15) is 14.4 Å². The molecule has 6 nitrogen and oxygen atoms in total. The number of rotatable bonds is 46.